The SMILES string of the molecule is COc1ccc(-c2noc(CCC(=O)N3CCC(N4C(=O)OCC4Cc4ccccc4)CC3)n2)cc1. The number of ether oxygens (including phenoxy) is 2. The molecule has 2 amide bonds. The zero-order chi connectivity index (χ0) is 24.9. The summed E-state index contributed by atoms with van der Waals surface area (Å²) in [5, 5.41) is 4.03. The van der Waals surface area contributed by atoms with Crippen molar-refractivity contribution in [2.45, 2.75) is 44.2 Å². The van der Waals surface area contributed by atoms with Gasteiger partial charge in [0.15, 0.2) is 0 Å². The summed E-state index contributed by atoms with van der Waals surface area (Å²) in [4.78, 5) is 33.5. The van der Waals surface area contributed by atoms with Crippen molar-refractivity contribution in [1.82, 2.24) is 19.9 Å². The van der Waals surface area contributed by atoms with E-state index in [4.69, 9.17) is 14.0 Å². The molecule has 2 fully saturated rings. The van der Waals surface area contributed by atoms with E-state index in [-0.39, 0.29) is 24.1 Å². The molecule has 3 heterocycles. The first-order valence-corrected chi connectivity index (χ1v) is 12.3. The van der Waals surface area contributed by atoms with Crippen LogP contribution in [0.4, 0.5) is 4.79 Å². The van der Waals surface area contributed by atoms with E-state index in [0.717, 1.165) is 30.6 Å². The summed E-state index contributed by atoms with van der Waals surface area (Å²) in [6.45, 7) is 1.65. The van der Waals surface area contributed by atoms with Crippen molar-refractivity contribution in [2.24, 2.45) is 0 Å². The van der Waals surface area contributed by atoms with Gasteiger partial charge in [0, 0.05) is 37.5 Å². The lowest BCUT2D eigenvalue weighted by Gasteiger charge is -2.38. The van der Waals surface area contributed by atoms with Crippen LogP contribution in [0.25, 0.3) is 11.4 Å². The van der Waals surface area contributed by atoms with Crippen LogP contribution in [-0.2, 0) is 22.4 Å². The van der Waals surface area contributed by atoms with E-state index >= 15 is 0 Å². The minimum atomic E-state index is -0.246. The number of rotatable bonds is 8. The molecule has 0 bridgehead atoms. The number of hydrogen-bond donors (Lipinski definition) is 0. The quantitative estimate of drug-likeness (QED) is 0.474. The predicted molar refractivity (Wildman–Crippen MR) is 131 cm³/mol. The number of nitrogens with zero attached hydrogens (tertiary/aromatic N) is 4. The second-order valence-electron chi connectivity index (χ2n) is 9.18. The minimum absolute atomic E-state index is 0.0320. The standard InChI is InChI=1S/C27H30N4O5/c1-34-23-9-7-20(8-10-23)26-28-24(36-29-26)11-12-25(32)30-15-13-21(14-16-30)31-22(18-35-27(31)33)17-19-5-3-2-4-6-19/h2-10,21-22H,11-18H2,1H3. The van der Waals surface area contributed by atoms with Gasteiger partial charge in [-0.05, 0) is 49.1 Å². The molecule has 36 heavy (non-hydrogen) atoms. The van der Waals surface area contributed by atoms with E-state index in [1.165, 1.54) is 5.56 Å². The lowest BCUT2D eigenvalue weighted by molar-refractivity contribution is -0.132. The number of aromatic nitrogens is 2. The van der Waals surface area contributed by atoms with Crippen molar-refractivity contribution >= 4 is 12.0 Å². The Morgan fingerprint density at radius 1 is 1.08 bits per heavy atom. The van der Waals surface area contributed by atoms with E-state index in [2.05, 4.69) is 22.3 Å². The Hall–Kier alpha value is -3.88. The maximum absolute atomic E-state index is 12.8. The summed E-state index contributed by atoms with van der Waals surface area (Å²) in [6.07, 6.45) is 2.71. The number of cyclic esters (lactones) is 1. The number of likely N-dealkylation sites (tertiary alicyclic amines) is 1. The van der Waals surface area contributed by atoms with E-state index in [9.17, 15) is 9.59 Å². The summed E-state index contributed by atoms with van der Waals surface area (Å²) < 4.78 is 15.9. The number of carbonyl (C=O) groups is 2. The molecular formula is C27H30N4O5. The first kappa shape index (κ1) is 23.8. The maximum atomic E-state index is 12.8. The summed E-state index contributed by atoms with van der Waals surface area (Å²) in [5.41, 5.74) is 2.01. The molecule has 9 nitrogen and oxygen atoms in total. The van der Waals surface area contributed by atoms with Crippen LogP contribution in [0.15, 0.2) is 59.1 Å². The lowest BCUT2D eigenvalue weighted by atomic mass is 9.99. The zero-order valence-electron chi connectivity index (χ0n) is 20.3. The van der Waals surface area contributed by atoms with Crippen molar-refractivity contribution < 1.29 is 23.6 Å². The molecular weight excluding hydrogens is 460 g/mol. The molecule has 1 aromatic heterocycles. The molecule has 2 saturated heterocycles. The Balaban J connectivity index is 1.11. The van der Waals surface area contributed by atoms with Gasteiger partial charge in [0.2, 0.25) is 17.6 Å². The van der Waals surface area contributed by atoms with Gasteiger partial charge in [0.1, 0.15) is 12.4 Å². The number of aryl methyl sites for hydroxylation is 1. The van der Waals surface area contributed by atoms with Crippen molar-refractivity contribution in [3.8, 4) is 17.1 Å². The van der Waals surface area contributed by atoms with Crippen molar-refractivity contribution in [3.05, 3.63) is 66.1 Å². The highest BCUT2D eigenvalue weighted by Gasteiger charge is 2.39. The largest absolute Gasteiger partial charge is 0.497 e. The van der Waals surface area contributed by atoms with Crippen LogP contribution >= 0.6 is 0 Å². The number of piperidine rings is 1. The number of methoxy groups -OCH3 is 1. The van der Waals surface area contributed by atoms with Gasteiger partial charge in [-0.3, -0.25) is 9.69 Å². The summed E-state index contributed by atoms with van der Waals surface area (Å²) >= 11 is 0. The van der Waals surface area contributed by atoms with Crippen LogP contribution in [0.5, 0.6) is 5.75 Å². The Bertz CT molecular complexity index is 1170. The second-order valence-corrected chi connectivity index (χ2v) is 9.18. The molecule has 0 radical (unpaired) electrons. The average Bonchev–Trinajstić information content (AvgIpc) is 3.54. The highest BCUT2D eigenvalue weighted by Crippen LogP contribution is 2.26. The fourth-order valence-corrected chi connectivity index (χ4v) is 4.94. The normalized spacial score (nSPS) is 18.4. The number of carbonyl (C=O) groups excluding carboxylic acids is 2. The molecule has 2 aliphatic heterocycles. The van der Waals surface area contributed by atoms with Crippen molar-refractivity contribution in [1.29, 1.82) is 0 Å². The number of benzene rings is 2. The Morgan fingerprint density at radius 3 is 2.56 bits per heavy atom. The predicted octanol–water partition coefficient (Wildman–Crippen LogP) is 3.73. The first-order chi connectivity index (χ1) is 17.6. The third-order valence-electron chi connectivity index (χ3n) is 6.90. The number of hydrogen-bond acceptors (Lipinski definition) is 7. The summed E-state index contributed by atoms with van der Waals surface area (Å²) in [7, 11) is 1.62. The monoisotopic (exact) mass is 490 g/mol. The van der Waals surface area contributed by atoms with E-state index in [1.807, 2.05) is 52.3 Å². The Morgan fingerprint density at radius 2 is 1.83 bits per heavy atom. The van der Waals surface area contributed by atoms with Crippen LogP contribution in [0.1, 0.15) is 30.7 Å². The topological polar surface area (TPSA) is 98.0 Å². The molecule has 5 rings (SSSR count). The van der Waals surface area contributed by atoms with Gasteiger partial charge in [-0.1, -0.05) is 35.5 Å². The van der Waals surface area contributed by atoms with Gasteiger partial charge in [0.05, 0.1) is 13.2 Å². The second kappa shape index (κ2) is 10.8. The third kappa shape index (κ3) is 5.35. The van der Waals surface area contributed by atoms with Gasteiger partial charge in [-0.2, -0.15) is 4.98 Å². The van der Waals surface area contributed by atoms with Crippen LogP contribution in [0.2, 0.25) is 0 Å². The highest BCUT2D eigenvalue weighted by molar-refractivity contribution is 5.76. The smallest absolute Gasteiger partial charge is 0.410 e. The molecule has 2 aromatic carbocycles. The lowest BCUT2D eigenvalue weighted by Crippen LogP contribution is -2.50. The fraction of sp³-hybridized carbons (Fsp3) is 0.407. The minimum Gasteiger partial charge on any atom is -0.497 e. The van der Waals surface area contributed by atoms with Gasteiger partial charge < -0.3 is 18.9 Å². The van der Waals surface area contributed by atoms with E-state index < -0.39 is 0 Å². The van der Waals surface area contributed by atoms with Crippen LogP contribution in [0, 0.1) is 0 Å². The molecule has 9 heteroatoms. The fourth-order valence-electron chi connectivity index (χ4n) is 4.94. The van der Waals surface area contributed by atoms with Crippen LogP contribution < -0.4 is 4.74 Å². The first-order valence-electron chi connectivity index (χ1n) is 12.3. The highest BCUT2D eigenvalue weighted by atomic mass is 16.6. The molecule has 2 aliphatic rings. The average molecular weight is 491 g/mol. The Labute approximate surface area is 210 Å². The molecule has 3 aromatic rings. The third-order valence-corrected chi connectivity index (χ3v) is 6.90. The van der Waals surface area contributed by atoms with Crippen LogP contribution in [-0.4, -0.2) is 70.8 Å². The molecule has 0 N–H and O–H groups in total. The Kier molecular flexibility index (Phi) is 7.16. The molecule has 188 valence electrons. The molecule has 1 unspecified atom stereocenters. The molecule has 0 spiro atoms. The summed E-state index contributed by atoms with van der Waals surface area (Å²) in [5.74, 6) is 1.74. The van der Waals surface area contributed by atoms with E-state index in [1.54, 1.807) is 7.11 Å². The van der Waals surface area contributed by atoms with Gasteiger partial charge in [-0.25, -0.2) is 4.79 Å². The number of amides is 2. The molecule has 0 aliphatic carbocycles. The maximum Gasteiger partial charge on any atom is 0.410 e. The molecule has 0 saturated carbocycles. The van der Waals surface area contributed by atoms with E-state index in [0.29, 0.717) is 44.3 Å². The van der Waals surface area contributed by atoms with Crippen molar-refractivity contribution in [2.75, 3.05) is 26.8 Å². The van der Waals surface area contributed by atoms with Crippen LogP contribution in [0.3, 0.4) is 0 Å². The van der Waals surface area contributed by atoms with Gasteiger partial charge in [-0.15, -0.1) is 0 Å². The summed E-state index contributed by atoms with van der Waals surface area (Å²) in [6, 6.07) is 17.7. The molecule has 1 atom stereocenters. The van der Waals surface area contributed by atoms with Gasteiger partial charge in [0.25, 0.3) is 0 Å². The van der Waals surface area contributed by atoms with Gasteiger partial charge >= 0.3 is 6.09 Å². The van der Waals surface area contributed by atoms with Crippen molar-refractivity contribution in [3.63, 3.8) is 0 Å². The zero-order valence-corrected chi connectivity index (χ0v) is 20.3.